The van der Waals surface area contributed by atoms with Crippen molar-refractivity contribution in [3.8, 4) is 0 Å². The number of allylic oxidation sites excluding steroid dienone is 3. The second-order valence-corrected chi connectivity index (χ2v) is 7.55. The van der Waals surface area contributed by atoms with Gasteiger partial charge in [-0.05, 0) is 36.3 Å². The summed E-state index contributed by atoms with van der Waals surface area (Å²) in [7, 11) is 0. The highest BCUT2D eigenvalue weighted by Gasteiger charge is 2.47. The molecule has 21 heavy (non-hydrogen) atoms. The summed E-state index contributed by atoms with van der Waals surface area (Å²) >= 11 is 1.74. The predicted molar refractivity (Wildman–Crippen MR) is 91.6 cm³/mol. The summed E-state index contributed by atoms with van der Waals surface area (Å²) in [6.45, 7) is 8.17. The van der Waals surface area contributed by atoms with Crippen molar-refractivity contribution in [2.75, 3.05) is 0 Å². The number of ketones is 1. The fraction of sp³-hybridized carbons (Fsp3) is 0.421. The molecule has 0 aromatic heterocycles. The molecule has 1 aliphatic rings. The Kier molecular flexibility index (Phi) is 5.46. The molecule has 0 unspecified atom stereocenters. The second-order valence-electron chi connectivity index (χ2n) is 6.33. The van der Waals surface area contributed by atoms with Crippen LogP contribution in [0.3, 0.4) is 0 Å². The Morgan fingerprint density at radius 3 is 2.71 bits per heavy atom. The van der Waals surface area contributed by atoms with Crippen LogP contribution < -0.4 is 0 Å². The number of benzene rings is 1. The molecular formula is C19H24OS. The second kappa shape index (κ2) is 7.13. The normalized spacial score (nSPS) is 24.6. The van der Waals surface area contributed by atoms with Crippen molar-refractivity contribution in [2.24, 2.45) is 11.3 Å². The van der Waals surface area contributed by atoms with E-state index in [4.69, 9.17) is 0 Å². The quantitative estimate of drug-likeness (QED) is 0.664. The minimum Gasteiger partial charge on any atom is -0.298 e. The first-order valence-electron chi connectivity index (χ1n) is 7.56. The Bertz CT molecular complexity index is 516. The maximum Gasteiger partial charge on any atom is 0.147 e. The van der Waals surface area contributed by atoms with Crippen molar-refractivity contribution in [1.82, 2.24) is 0 Å². The van der Waals surface area contributed by atoms with E-state index in [-0.39, 0.29) is 10.7 Å². The first kappa shape index (κ1) is 16.1. The molecule has 1 nitrogen and oxygen atoms in total. The van der Waals surface area contributed by atoms with Gasteiger partial charge in [0.2, 0.25) is 0 Å². The Morgan fingerprint density at radius 1 is 1.33 bits per heavy atom. The lowest BCUT2D eigenvalue weighted by molar-refractivity contribution is -0.117. The van der Waals surface area contributed by atoms with Crippen LogP contribution in [0.15, 0.2) is 60.0 Å². The molecule has 1 aliphatic carbocycles. The van der Waals surface area contributed by atoms with Gasteiger partial charge in [-0.15, -0.1) is 11.8 Å². The van der Waals surface area contributed by atoms with Crippen LogP contribution >= 0.6 is 11.8 Å². The lowest BCUT2D eigenvalue weighted by Crippen LogP contribution is -2.24. The summed E-state index contributed by atoms with van der Waals surface area (Å²) in [6.07, 6.45) is 8.72. The molecule has 0 bridgehead atoms. The molecule has 1 fully saturated rings. The van der Waals surface area contributed by atoms with E-state index in [9.17, 15) is 4.79 Å². The molecular weight excluding hydrogens is 276 g/mol. The standard InChI is InChI=1S/C19H24OS/c1-4-5-6-10-13-16-18(17(20)14-19(16,2)3)21-15-11-8-7-9-12-15/h4-9,11-12,16,18H,1,10,13-14H2,2-3H3/t16-,18-/m0/s1. The fourth-order valence-electron chi connectivity index (χ4n) is 3.12. The molecule has 0 radical (unpaired) electrons. The van der Waals surface area contributed by atoms with Gasteiger partial charge in [-0.3, -0.25) is 4.79 Å². The van der Waals surface area contributed by atoms with E-state index < -0.39 is 0 Å². The number of hydrogen-bond donors (Lipinski definition) is 0. The SMILES string of the molecule is C=CC=CCC[C@H]1[C@H](Sc2ccccc2)C(=O)CC1(C)C. The number of carbonyl (C=O) groups excluding carboxylic acids is 1. The molecule has 0 heterocycles. The van der Waals surface area contributed by atoms with Gasteiger partial charge in [0.25, 0.3) is 0 Å². The van der Waals surface area contributed by atoms with Crippen molar-refractivity contribution in [2.45, 2.75) is 43.3 Å². The van der Waals surface area contributed by atoms with E-state index >= 15 is 0 Å². The molecule has 0 amide bonds. The third-order valence-electron chi connectivity index (χ3n) is 4.24. The van der Waals surface area contributed by atoms with E-state index in [1.165, 1.54) is 4.90 Å². The van der Waals surface area contributed by atoms with Crippen LogP contribution in [0.5, 0.6) is 0 Å². The van der Waals surface area contributed by atoms with E-state index in [1.54, 1.807) is 17.8 Å². The van der Waals surface area contributed by atoms with Crippen LogP contribution in [0.25, 0.3) is 0 Å². The van der Waals surface area contributed by atoms with E-state index in [0.717, 1.165) is 12.8 Å². The summed E-state index contributed by atoms with van der Waals surface area (Å²) in [5.41, 5.74) is 0.103. The molecule has 112 valence electrons. The van der Waals surface area contributed by atoms with Crippen LogP contribution in [0.2, 0.25) is 0 Å². The Hall–Kier alpha value is -1.28. The maximum atomic E-state index is 12.4. The van der Waals surface area contributed by atoms with Gasteiger partial charge in [-0.25, -0.2) is 0 Å². The highest BCUT2D eigenvalue weighted by atomic mass is 32.2. The van der Waals surface area contributed by atoms with Gasteiger partial charge >= 0.3 is 0 Å². The molecule has 1 aromatic rings. The monoisotopic (exact) mass is 300 g/mol. The van der Waals surface area contributed by atoms with E-state index in [2.05, 4.69) is 38.6 Å². The molecule has 1 aromatic carbocycles. The third-order valence-corrected chi connectivity index (χ3v) is 5.63. The summed E-state index contributed by atoms with van der Waals surface area (Å²) in [5.74, 6) is 0.844. The van der Waals surface area contributed by atoms with Crippen LogP contribution in [0.4, 0.5) is 0 Å². The summed E-state index contributed by atoms with van der Waals surface area (Å²) in [5, 5.41) is 0.0968. The molecule has 2 atom stereocenters. The zero-order chi connectivity index (χ0) is 15.3. The minimum absolute atomic E-state index is 0.0968. The largest absolute Gasteiger partial charge is 0.298 e. The van der Waals surface area contributed by atoms with Crippen molar-refractivity contribution in [1.29, 1.82) is 0 Å². The Morgan fingerprint density at radius 2 is 2.05 bits per heavy atom. The molecule has 0 saturated heterocycles. The molecule has 0 spiro atoms. The first-order valence-corrected chi connectivity index (χ1v) is 8.44. The van der Waals surface area contributed by atoms with Crippen molar-refractivity contribution < 1.29 is 4.79 Å². The van der Waals surface area contributed by atoms with Gasteiger partial charge in [0, 0.05) is 11.3 Å². The van der Waals surface area contributed by atoms with Crippen molar-refractivity contribution in [3.63, 3.8) is 0 Å². The summed E-state index contributed by atoms with van der Waals surface area (Å²) in [6, 6.07) is 10.3. The fourth-order valence-corrected chi connectivity index (χ4v) is 4.61. The highest BCUT2D eigenvalue weighted by Crippen LogP contribution is 2.49. The van der Waals surface area contributed by atoms with Crippen LogP contribution in [0.1, 0.15) is 33.1 Å². The van der Waals surface area contributed by atoms with Gasteiger partial charge in [-0.1, -0.05) is 56.9 Å². The van der Waals surface area contributed by atoms with E-state index in [0.29, 0.717) is 18.1 Å². The summed E-state index contributed by atoms with van der Waals surface area (Å²) < 4.78 is 0. The zero-order valence-corrected chi connectivity index (χ0v) is 13.7. The van der Waals surface area contributed by atoms with Gasteiger partial charge in [0.05, 0.1) is 5.25 Å². The number of carbonyl (C=O) groups is 1. The predicted octanol–water partition coefficient (Wildman–Crippen LogP) is 5.28. The number of Topliss-reactive ketones (excluding diaryl/α,β-unsaturated/α-hetero) is 1. The Balaban J connectivity index is 2.10. The summed E-state index contributed by atoms with van der Waals surface area (Å²) in [4.78, 5) is 13.6. The average Bonchev–Trinajstić information content (AvgIpc) is 2.66. The number of rotatable bonds is 6. The van der Waals surface area contributed by atoms with Gasteiger partial charge in [0.1, 0.15) is 5.78 Å². The first-order chi connectivity index (χ1) is 10.0. The molecule has 0 aliphatic heterocycles. The van der Waals surface area contributed by atoms with Crippen LogP contribution in [0, 0.1) is 11.3 Å². The third kappa shape index (κ3) is 4.10. The average molecular weight is 300 g/mol. The zero-order valence-electron chi connectivity index (χ0n) is 12.9. The molecule has 0 N–H and O–H groups in total. The highest BCUT2D eigenvalue weighted by molar-refractivity contribution is 8.00. The Labute approximate surface area is 132 Å². The number of thioether (sulfide) groups is 1. The van der Waals surface area contributed by atoms with Crippen LogP contribution in [-0.4, -0.2) is 11.0 Å². The van der Waals surface area contributed by atoms with Gasteiger partial charge in [-0.2, -0.15) is 0 Å². The minimum atomic E-state index is 0.0968. The van der Waals surface area contributed by atoms with Crippen molar-refractivity contribution in [3.05, 3.63) is 55.1 Å². The van der Waals surface area contributed by atoms with Gasteiger partial charge < -0.3 is 0 Å². The molecule has 2 rings (SSSR count). The molecule has 1 saturated carbocycles. The lowest BCUT2D eigenvalue weighted by Gasteiger charge is -2.29. The van der Waals surface area contributed by atoms with E-state index in [1.807, 2.05) is 24.3 Å². The molecule has 2 heteroatoms. The topological polar surface area (TPSA) is 17.1 Å². The number of hydrogen-bond acceptors (Lipinski definition) is 2. The maximum absolute atomic E-state index is 12.4. The van der Waals surface area contributed by atoms with Crippen LogP contribution in [-0.2, 0) is 4.79 Å². The van der Waals surface area contributed by atoms with Crippen molar-refractivity contribution >= 4 is 17.5 Å². The smallest absolute Gasteiger partial charge is 0.147 e. The van der Waals surface area contributed by atoms with Gasteiger partial charge in [0.15, 0.2) is 0 Å². The lowest BCUT2D eigenvalue weighted by atomic mass is 9.79.